The maximum atomic E-state index is 12.9. The first-order valence-electron chi connectivity index (χ1n) is 9.22. The van der Waals surface area contributed by atoms with Crippen LogP contribution < -0.4 is 16.0 Å². The summed E-state index contributed by atoms with van der Waals surface area (Å²) in [4.78, 5) is 20.2. The van der Waals surface area contributed by atoms with Crippen molar-refractivity contribution >= 4 is 34.6 Å². The van der Waals surface area contributed by atoms with Gasteiger partial charge in [0, 0.05) is 34.6 Å². The van der Waals surface area contributed by atoms with Crippen LogP contribution in [0.4, 0.5) is 37.5 Å². The molecule has 3 aromatic rings. The minimum atomic E-state index is -2.54. The number of benzene rings is 2. The van der Waals surface area contributed by atoms with Crippen LogP contribution in [0.2, 0.25) is 0 Å². The average Bonchev–Trinajstić information content (AvgIpc) is 3.54. The molecule has 29 heavy (non-hydrogen) atoms. The zero-order chi connectivity index (χ0) is 20.2. The fourth-order valence-corrected chi connectivity index (χ4v) is 2.81. The number of nitrogens with zero attached hydrogens (tertiary/aromatic N) is 2. The van der Waals surface area contributed by atoms with Gasteiger partial charge in [0.15, 0.2) is 0 Å². The molecule has 148 valence electrons. The van der Waals surface area contributed by atoms with E-state index in [0.29, 0.717) is 23.0 Å². The number of nitrogens with one attached hydrogen (secondary N) is 3. The number of aromatic nitrogens is 2. The minimum absolute atomic E-state index is 0.0432. The third kappa shape index (κ3) is 5.04. The summed E-state index contributed by atoms with van der Waals surface area (Å²) in [5.41, 5.74) is 1.91. The second-order valence-electron chi connectivity index (χ2n) is 6.81. The summed E-state index contributed by atoms with van der Waals surface area (Å²) < 4.78 is 25.7. The van der Waals surface area contributed by atoms with Crippen molar-refractivity contribution in [3.63, 3.8) is 0 Å². The van der Waals surface area contributed by atoms with Gasteiger partial charge in [-0.2, -0.15) is 0 Å². The summed E-state index contributed by atoms with van der Waals surface area (Å²) in [6.07, 6.45) is 0.731. The SMILES string of the molecule is O=C(Nc1cccc(Nc2cc(Nc3cccc(C(F)F)c3)ncn2)c1)C1CC1. The van der Waals surface area contributed by atoms with Crippen LogP contribution in [0.25, 0.3) is 0 Å². The van der Waals surface area contributed by atoms with Gasteiger partial charge in [-0.25, -0.2) is 18.7 Å². The largest absolute Gasteiger partial charge is 0.340 e. The van der Waals surface area contributed by atoms with Crippen molar-refractivity contribution in [1.82, 2.24) is 9.97 Å². The fourth-order valence-electron chi connectivity index (χ4n) is 2.81. The number of rotatable bonds is 7. The fraction of sp³-hybridized carbons (Fsp3) is 0.190. The van der Waals surface area contributed by atoms with Crippen LogP contribution in [-0.4, -0.2) is 15.9 Å². The van der Waals surface area contributed by atoms with Gasteiger partial charge in [0.25, 0.3) is 6.43 Å². The molecule has 0 unspecified atom stereocenters. The molecule has 1 aliphatic rings. The van der Waals surface area contributed by atoms with Crippen LogP contribution in [0, 0.1) is 5.92 Å². The first kappa shape index (κ1) is 18.8. The summed E-state index contributed by atoms with van der Waals surface area (Å²) in [5.74, 6) is 1.16. The lowest BCUT2D eigenvalue weighted by Crippen LogP contribution is -2.13. The molecule has 1 aliphatic carbocycles. The average molecular weight is 395 g/mol. The Bertz CT molecular complexity index is 1020. The van der Waals surface area contributed by atoms with Crippen molar-refractivity contribution < 1.29 is 13.6 Å². The van der Waals surface area contributed by atoms with E-state index in [2.05, 4.69) is 25.9 Å². The Morgan fingerprint density at radius 1 is 0.897 bits per heavy atom. The maximum absolute atomic E-state index is 12.9. The summed E-state index contributed by atoms with van der Waals surface area (Å²) in [5, 5.41) is 9.06. The topological polar surface area (TPSA) is 78.9 Å². The molecule has 2 aromatic carbocycles. The molecule has 1 aromatic heterocycles. The smallest absolute Gasteiger partial charge is 0.263 e. The lowest BCUT2D eigenvalue weighted by molar-refractivity contribution is -0.117. The van der Waals surface area contributed by atoms with Crippen LogP contribution in [0.1, 0.15) is 24.8 Å². The molecule has 1 fully saturated rings. The van der Waals surface area contributed by atoms with Crippen LogP contribution >= 0.6 is 0 Å². The van der Waals surface area contributed by atoms with Crippen molar-refractivity contribution in [3.05, 3.63) is 66.5 Å². The van der Waals surface area contributed by atoms with Gasteiger partial charge in [-0.3, -0.25) is 4.79 Å². The quantitative estimate of drug-likeness (QED) is 0.509. The van der Waals surface area contributed by atoms with Crippen LogP contribution in [0.5, 0.6) is 0 Å². The molecule has 0 saturated heterocycles. The monoisotopic (exact) mass is 395 g/mol. The highest BCUT2D eigenvalue weighted by atomic mass is 19.3. The van der Waals surface area contributed by atoms with Gasteiger partial charge in [-0.1, -0.05) is 18.2 Å². The molecule has 8 heteroatoms. The zero-order valence-corrected chi connectivity index (χ0v) is 15.4. The Labute approximate surface area is 166 Å². The van der Waals surface area contributed by atoms with Crippen LogP contribution in [-0.2, 0) is 4.79 Å². The molecule has 6 nitrogen and oxygen atoms in total. The summed E-state index contributed by atoms with van der Waals surface area (Å²) in [7, 11) is 0. The first-order valence-corrected chi connectivity index (χ1v) is 9.22. The molecule has 0 atom stereocenters. The number of halogens is 2. The second kappa shape index (κ2) is 8.22. The number of carbonyl (C=O) groups excluding carboxylic acids is 1. The van der Waals surface area contributed by atoms with Crippen molar-refractivity contribution in [2.75, 3.05) is 16.0 Å². The number of hydrogen-bond donors (Lipinski definition) is 3. The molecule has 0 bridgehead atoms. The second-order valence-corrected chi connectivity index (χ2v) is 6.81. The normalized spacial score (nSPS) is 13.2. The van der Waals surface area contributed by atoms with E-state index in [4.69, 9.17) is 0 Å². The Morgan fingerprint density at radius 3 is 2.17 bits per heavy atom. The number of carbonyl (C=O) groups is 1. The molecular weight excluding hydrogens is 376 g/mol. The minimum Gasteiger partial charge on any atom is -0.340 e. The highest BCUT2D eigenvalue weighted by Gasteiger charge is 2.29. The summed E-state index contributed by atoms with van der Waals surface area (Å²) in [6.45, 7) is 0. The molecule has 0 spiro atoms. The van der Waals surface area contributed by atoms with Gasteiger partial charge in [-0.05, 0) is 43.2 Å². The Balaban J connectivity index is 1.45. The zero-order valence-electron chi connectivity index (χ0n) is 15.4. The third-order valence-corrected chi connectivity index (χ3v) is 4.43. The van der Waals surface area contributed by atoms with Gasteiger partial charge in [0.2, 0.25) is 5.91 Å². The maximum Gasteiger partial charge on any atom is 0.263 e. The predicted molar refractivity (Wildman–Crippen MR) is 108 cm³/mol. The van der Waals surface area contributed by atoms with Crippen molar-refractivity contribution in [2.24, 2.45) is 5.92 Å². The highest BCUT2D eigenvalue weighted by Crippen LogP contribution is 2.30. The molecular formula is C21H19F2N5O. The van der Waals surface area contributed by atoms with Crippen LogP contribution in [0.3, 0.4) is 0 Å². The van der Waals surface area contributed by atoms with E-state index < -0.39 is 6.43 Å². The van der Waals surface area contributed by atoms with Crippen molar-refractivity contribution in [1.29, 1.82) is 0 Å². The van der Waals surface area contributed by atoms with Crippen molar-refractivity contribution in [3.8, 4) is 0 Å². The van der Waals surface area contributed by atoms with E-state index in [9.17, 15) is 13.6 Å². The molecule has 1 heterocycles. The summed E-state index contributed by atoms with van der Waals surface area (Å²) >= 11 is 0. The molecule has 1 amide bonds. The van der Waals surface area contributed by atoms with Gasteiger partial charge in [-0.15, -0.1) is 0 Å². The van der Waals surface area contributed by atoms with Gasteiger partial charge < -0.3 is 16.0 Å². The Morgan fingerprint density at radius 2 is 1.52 bits per heavy atom. The van der Waals surface area contributed by atoms with Crippen LogP contribution in [0.15, 0.2) is 60.9 Å². The predicted octanol–water partition coefficient (Wildman–Crippen LogP) is 5.25. The molecule has 3 N–H and O–H groups in total. The number of alkyl halides is 2. The van der Waals surface area contributed by atoms with E-state index in [1.54, 1.807) is 18.2 Å². The number of amides is 1. The molecule has 1 saturated carbocycles. The lowest BCUT2D eigenvalue weighted by atomic mass is 10.2. The van der Waals surface area contributed by atoms with E-state index in [1.807, 2.05) is 24.3 Å². The standard InChI is InChI=1S/C21H19F2N5O/c22-20(23)14-3-1-4-15(9-14)26-18-11-19(25-12-24-18)27-16-5-2-6-17(10-16)28-21(29)13-7-8-13/h1-6,9-13,20H,7-8H2,(H,28,29)(H2,24,25,26,27). The number of hydrogen-bond acceptors (Lipinski definition) is 5. The van der Waals surface area contributed by atoms with E-state index in [1.165, 1.54) is 18.5 Å². The lowest BCUT2D eigenvalue weighted by Gasteiger charge is -2.11. The molecule has 0 radical (unpaired) electrons. The van der Waals surface area contributed by atoms with Gasteiger partial charge in [0.1, 0.15) is 18.0 Å². The van der Waals surface area contributed by atoms with Crippen molar-refractivity contribution in [2.45, 2.75) is 19.3 Å². The Hall–Kier alpha value is -3.55. The first-order chi connectivity index (χ1) is 14.1. The highest BCUT2D eigenvalue weighted by molar-refractivity contribution is 5.94. The Kier molecular flexibility index (Phi) is 5.33. The third-order valence-electron chi connectivity index (χ3n) is 4.43. The number of anilines is 5. The van der Waals surface area contributed by atoms with E-state index in [0.717, 1.165) is 18.5 Å². The summed E-state index contributed by atoms with van der Waals surface area (Å²) in [6, 6.07) is 15.0. The van der Waals surface area contributed by atoms with Gasteiger partial charge >= 0.3 is 0 Å². The van der Waals surface area contributed by atoms with E-state index in [-0.39, 0.29) is 17.4 Å². The van der Waals surface area contributed by atoms with Gasteiger partial charge in [0.05, 0.1) is 0 Å². The van der Waals surface area contributed by atoms with E-state index >= 15 is 0 Å². The molecule has 4 rings (SSSR count). The molecule has 0 aliphatic heterocycles.